The zero-order valence-electron chi connectivity index (χ0n) is 12.3. The Kier molecular flexibility index (Phi) is 6.14. The lowest BCUT2D eigenvalue weighted by Gasteiger charge is -2.26. The van der Waals surface area contributed by atoms with Crippen LogP contribution in [0, 0.1) is 0 Å². The van der Waals surface area contributed by atoms with Crippen LogP contribution in [-0.4, -0.2) is 43.7 Å². The molecule has 1 aromatic carbocycles. The molecule has 22 heavy (non-hydrogen) atoms. The first-order valence-electron chi connectivity index (χ1n) is 7.03. The van der Waals surface area contributed by atoms with Crippen molar-refractivity contribution in [2.75, 3.05) is 30.4 Å². The molecule has 1 aliphatic heterocycles. The lowest BCUT2D eigenvalue weighted by molar-refractivity contribution is -0.113. The molecule has 1 heterocycles. The average molecular weight is 363 g/mol. The number of amides is 1. The number of hydrogen-bond donors (Lipinski definition) is 1. The number of thioether (sulfide) groups is 1. The summed E-state index contributed by atoms with van der Waals surface area (Å²) in [4.78, 5) is 11.7. The molecule has 0 aromatic heterocycles. The molecule has 0 spiro atoms. The zero-order chi connectivity index (χ0) is 16.2. The molecule has 1 aliphatic rings. The van der Waals surface area contributed by atoms with Crippen molar-refractivity contribution in [2.45, 2.75) is 24.2 Å². The highest BCUT2D eigenvalue weighted by Gasteiger charge is 2.28. The Morgan fingerprint density at radius 3 is 2.64 bits per heavy atom. The summed E-state index contributed by atoms with van der Waals surface area (Å²) in [6, 6.07) is 4.55. The summed E-state index contributed by atoms with van der Waals surface area (Å²) in [5, 5.41) is 2.86. The molecule has 0 radical (unpaired) electrons. The summed E-state index contributed by atoms with van der Waals surface area (Å²) < 4.78 is 26.9. The number of piperidine rings is 1. The maximum absolute atomic E-state index is 12.7. The molecule has 0 saturated carbocycles. The smallest absolute Gasteiger partial charge is 0.244 e. The van der Waals surface area contributed by atoms with Crippen molar-refractivity contribution >= 4 is 45.0 Å². The molecular formula is C14H19ClN2O3S2. The second kappa shape index (κ2) is 7.68. The number of hydrogen-bond acceptors (Lipinski definition) is 4. The topological polar surface area (TPSA) is 66.5 Å². The summed E-state index contributed by atoms with van der Waals surface area (Å²) in [6.45, 7) is 1.03. The minimum absolute atomic E-state index is 0.0537. The van der Waals surface area contributed by atoms with Crippen LogP contribution in [0.2, 0.25) is 5.02 Å². The molecule has 1 aromatic rings. The zero-order valence-corrected chi connectivity index (χ0v) is 14.7. The Morgan fingerprint density at radius 2 is 2.00 bits per heavy atom. The second-order valence-electron chi connectivity index (χ2n) is 5.09. The van der Waals surface area contributed by atoms with Gasteiger partial charge in [-0.1, -0.05) is 18.0 Å². The number of benzene rings is 1. The molecule has 0 atom stereocenters. The van der Waals surface area contributed by atoms with Gasteiger partial charge in [0.15, 0.2) is 0 Å². The molecule has 5 nitrogen and oxygen atoms in total. The van der Waals surface area contributed by atoms with Gasteiger partial charge in [0.25, 0.3) is 0 Å². The quantitative estimate of drug-likeness (QED) is 0.874. The number of rotatable bonds is 5. The first-order valence-corrected chi connectivity index (χ1v) is 10.2. The van der Waals surface area contributed by atoms with E-state index in [1.165, 1.54) is 28.2 Å². The molecule has 1 fully saturated rings. The summed E-state index contributed by atoms with van der Waals surface area (Å²) in [6.07, 6.45) is 4.60. The van der Waals surface area contributed by atoms with E-state index in [1.54, 1.807) is 6.07 Å². The van der Waals surface area contributed by atoms with Crippen LogP contribution in [0.5, 0.6) is 0 Å². The van der Waals surface area contributed by atoms with E-state index in [1.807, 2.05) is 6.26 Å². The predicted octanol–water partition coefficient (Wildman–Crippen LogP) is 2.82. The maximum atomic E-state index is 12.7. The molecule has 0 aliphatic carbocycles. The van der Waals surface area contributed by atoms with Gasteiger partial charge in [0, 0.05) is 18.8 Å². The number of nitrogens with one attached hydrogen (secondary N) is 1. The van der Waals surface area contributed by atoms with Crippen molar-refractivity contribution in [1.82, 2.24) is 4.31 Å². The average Bonchev–Trinajstić information content (AvgIpc) is 2.50. The maximum Gasteiger partial charge on any atom is 0.244 e. The van der Waals surface area contributed by atoms with Gasteiger partial charge >= 0.3 is 0 Å². The minimum Gasteiger partial charge on any atom is -0.325 e. The minimum atomic E-state index is -3.62. The number of anilines is 1. The predicted molar refractivity (Wildman–Crippen MR) is 91.1 cm³/mol. The third kappa shape index (κ3) is 4.16. The Balaban J connectivity index is 2.27. The number of nitrogens with zero attached hydrogens (tertiary/aromatic N) is 1. The van der Waals surface area contributed by atoms with Gasteiger partial charge in [-0.15, -0.1) is 0 Å². The number of sulfonamides is 1. The monoisotopic (exact) mass is 362 g/mol. The van der Waals surface area contributed by atoms with Crippen molar-refractivity contribution in [3.8, 4) is 0 Å². The van der Waals surface area contributed by atoms with Gasteiger partial charge in [-0.3, -0.25) is 4.79 Å². The molecule has 0 bridgehead atoms. The van der Waals surface area contributed by atoms with Crippen molar-refractivity contribution in [3.63, 3.8) is 0 Å². The van der Waals surface area contributed by atoms with E-state index in [2.05, 4.69) is 5.32 Å². The highest BCUT2D eigenvalue weighted by molar-refractivity contribution is 7.99. The van der Waals surface area contributed by atoms with Gasteiger partial charge in [0.2, 0.25) is 15.9 Å². The van der Waals surface area contributed by atoms with Crippen LogP contribution in [0.4, 0.5) is 5.69 Å². The number of carbonyl (C=O) groups is 1. The van der Waals surface area contributed by atoms with E-state index < -0.39 is 10.0 Å². The van der Waals surface area contributed by atoms with Gasteiger partial charge < -0.3 is 5.32 Å². The van der Waals surface area contributed by atoms with Gasteiger partial charge in [-0.05, 0) is 37.3 Å². The summed E-state index contributed by atoms with van der Waals surface area (Å²) in [5.41, 5.74) is 0.444. The lowest BCUT2D eigenvalue weighted by Crippen LogP contribution is -2.35. The highest BCUT2D eigenvalue weighted by Crippen LogP contribution is 2.29. The largest absolute Gasteiger partial charge is 0.325 e. The normalized spacial score (nSPS) is 16.5. The van der Waals surface area contributed by atoms with Gasteiger partial charge in [-0.25, -0.2) is 8.42 Å². The van der Waals surface area contributed by atoms with E-state index in [0.29, 0.717) is 24.5 Å². The molecule has 2 rings (SSSR count). The van der Waals surface area contributed by atoms with Crippen LogP contribution in [-0.2, 0) is 14.8 Å². The van der Waals surface area contributed by atoms with Gasteiger partial charge in [-0.2, -0.15) is 16.1 Å². The Bertz CT molecular complexity index is 643. The van der Waals surface area contributed by atoms with Gasteiger partial charge in [0.1, 0.15) is 4.90 Å². The fraction of sp³-hybridized carbons (Fsp3) is 0.500. The van der Waals surface area contributed by atoms with Crippen molar-refractivity contribution < 1.29 is 13.2 Å². The molecule has 1 amide bonds. The van der Waals surface area contributed by atoms with Crippen LogP contribution in [0.3, 0.4) is 0 Å². The first kappa shape index (κ1) is 17.6. The van der Waals surface area contributed by atoms with Gasteiger partial charge in [0.05, 0.1) is 10.8 Å². The highest BCUT2D eigenvalue weighted by atomic mass is 35.5. The van der Waals surface area contributed by atoms with Crippen LogP contribution < -0.4 is 5.32 Å². The third-order valence-corrected chi connectivity index (χ3v) is 6.35. The SMILES string of the molecule is CSCC(=O)Nc1ccc(Cl)c(S(=O)(=O)N2CCCCC2)c1. The van der Waals surface area contributed by atoms with Crippen molar-refractivity contribution in [1.29, 1.82) is 0 Å². The van der Waals surface area contributed by atoms with E-state index in [9.17, 15) is 13.2 Å². The van der Waals surface area contributed by atoms with E-state index in [4.69, 9.17) is 11.6 Å². The van der Waals surface area contributed by atoms with Crippen LogP contribution >= 0.6 is 23.4 Å². The van der Waals surface area contributed by atoms with Crippen molar-refractivity contribution in [3.05, 3.63) is 23.2 Å². The Hall–Kier alpha value is -0.760. The Labute approximate surface area is 140 Å². The van der Waals surface area contributed by atoms with E-state index in [0.717, 1.165) is 19.3 Å². The standard InChI is InChI=1S/C14H19ClN2O3S2/c1-21-10-14(18)16-11-5-6-12(15)13(9-11)22(19,20)17-7-3-2-4-8-17/h5-6,9H,2-4,7-8,10H2,1H3,(H,16,18). The van der Waals surface area contributed by atoms with Crippen molar-refractivity contribution in [2.24, 2.45) is 0 Å². The summed E-state index contributed by atoms with van der Waals surface area (Å²) in [7, 11) is -3.62. The number of carbonyl (C=O) groups excluding carboxylic acids is 1. The second-order valence-corrected chi connectivity index (χ2v) is 8.27. The van der Waals surface area contributed by atoms with Crippen LogP contribution in [0.25, 0.3) is 0 Å². The first-order chi connectivity index (χ1) is 10.4. The van der Waals surface area contributed by atoms with E-state index >= 15 is 0 Å². The summed E-state index contributed by atoms with van der Waals surface area (Å²) in [5.74, 6) is 0.146. The molecule has 1 saturated heterocycles. The molecular weight excluding hydrogens is 344 g/mol. The van der Waals surface area contributed by atoms with Crippen LogP contribution in [0.15, 0.2) is 23.1 Å². The van der Waals surface area contributed by atoms with E-state index in [-0.39, 0.29) is 15.8 Å². The summed E-state index contributed by atoms with van der Waals surface area (Å²) >= 11 is 7.48. The number of halogens is 1. The fourth-order valence-corrected chi connectivity index (χ4v) is 4.70. The third-order valence-electron chi connectivity index (χ3n) is 3.42. The van der Waals surface area contributed by atoms with Crippen LogP contribution in [0.1, 0.15) is 19.3 Å². The molecule has 122 valence electrons. The molecule has 8 heteroatoms. The fourth-order valence-electron chi connectivity index (χ4n) is 2.35. The lowest BCUT2D eigenvalue weighted by atomic mass is 10.2. The Morgan fingerprint density at radius 1 is 1.32 bits per heavy atom. The molecule has 1 N–H and O–H groups in total. The molecule has 0 unspecified atom stereocenters.